The Hall–Kier alpha value is -2.34. The fraction of sp³-hybridized carbons (Fsp3) is 0.423. The van der Waals surface area contributed by atoms with Crippen LogP contribution in [0.15, 0.2) is 54.6 Å². The van der Waals surface area contributed by atoms with Crippen molar-refractivity contribution >= 4 is 39.2 Å². The number of halogens is 1. The minimum Gasteiger partial charge on any atom is -0.445 e. The topological polar surface area (TPSA) is 56.8 Å². The highest BCUT2D eigenvalue weighted by Gasteiger charge is 2.10. The highest BCUT2D eigenvalue weighted by Crippen LogP contribution is 2.29. The Morgan fingerprint density at radius 1 is 0.781 bits per heavy atom. The molecule has 3 aromatic carbocycles. The molecule has 3 rings (SSSR count). The number of fused-ring (bicyclic) bond motifs is 2. The fourth-order valence-electron chi connectivity index (χ4n) is 3.65. The van der Waals surface area contributed by atoms with Gasteiger partial charge in [0.05, 0.1) is 19.8 Å². The number of hydrogen-bond donors (Lipinski definition) is 1. The highest BCUT2D eigenvalue weighted by molar-refractivity contribution is 6.17. The lowest BCUT2D eigenvalue weighted by atomic mass is 9.97. The average molecular weight is 458 g/mol. The molecular weight excluding hydrogens is 426 g/mol. The molecular formula is C26H32ClNO4. The highest BCUT2D eigenvalue weighted by atomic mass is 35.5. The zero-order valence-electron chi connectivity index (χ0n) is 18.5. The lowest BCUT2D eigenvalue weighted by molar-refractivity contribution is 0.0468. The Morgan fingerprint density at radius 3 is 2.09 bits per heavy atom. The Morgan fingerprint density at radius 2 is 1.41 bits per heavy atom. The maximum Gasteiger partial charge on any atom is 0.407 e. The molecule has 0 aliphatic carbocycles. The van der Waals surface area contributed by atoms with Crippen LogP contribution in [0.5, 0.6) is 0 Å². The van der Waals surface area contributed by atoms with Crippen LogP contribution in [0.3, 0.4) is 0 Å². The van der Waals surface area contributed by atoms with Crippen LogP contribution >= 0.6 is 11.6 Å². The number of carbonyl (C=O) groups is 1. The van der Waals surface area contributed by atoms with Crippen LogP contribution in [-0.2, 0) is 20.8 Å². The maximum atomic E-state index is 12.1. The van der Waals surface area contributed by atoms with Gasteiger partial charge in [0.15, 0.2) is 0 Å². The second-order valence-corrected chi connectivity index (χ2v) is 8.01. The number of rotatable bonds is 14. The van der Waals surface area contributed by atoms with Gasteiger partial charge in [-0.15, -0.1) is 11.6 Å². The van der Waals surface area contributed by atoms with Crippen LogP contribution in [0.1, 0.15) is 31.2 Å². The summed E-state index contributed by atoms with van der Waals surface area (Å²) in [6.07, 6.45) is 3.98. The van der Waals surface area contributed by atoms with Gasteiger partial charge in [0.1, 0.15) is 6.61 Å². The van der Waals surface area contributed by atoms with Crippen LogP contribution in [-0.4, -0.2) is 44.9 Å². The predicted molar refractivity (Wildman–Crippen MR) is 130 cm³/mol. The first kappa shape index (κ1) is 24.3. The quantitative estimate of drug-likeness (QED) is 0.182. The molecule has 32 heavy (non-hydrogen) atoms. The number of alkyl carbamates (subject to hydrolysis) is 1. The zero-order valence-corrected chi connectivity index (χ0v) is 19.2. The van der Waals surface area contributed by atoms with Gasteiger partial charge in [-0.1, -0.05) is 61.4 Å². The summed E-state index contributed by atoms with van der Waals surface area (Å²) in [5, 5.41) is 7.21. The molecule has 0 atom stereocenters. The molecule has 0 aliphatic heterocycles. The van der Waals surface area contributed by atoms with Gasteiger partial charge in [-0.05, 0) is 40.5 Å². The van der Waals surface area contributed by atoms with E-state index in [2.05, 4.69) is 35.6 Å². The Balaban J connectivity index is 1.34. The summed E-state index contributed by atoms with van der Waals surface area (Å²) >= 11 is 5.65. The minimum atomic E-state index is -0.446. The Labute approximate surface area is 195 Å². The number of hydrogen-bond acceptors (Lipinski definition) is 4. The number of alkyl halides is 1. The Kier molecular flexibility index (Phi) is 10.6. The van der Waals surface area contributed by atoms with Crippen molar-refractivity contribution < 1.29 is 19.0 Å². The first-order chi connectivity index (χ1) is 15.8. The van der Waals surface area contributed by atoms with Gasteiger partial charge in [0, 0.05) is 24.6 Å². The van der Waals surface area contributed by atoms with Crippen LogP contribution in [0.2, 0.25) is 0 Å². The molecule has 0 radical (unpaired) electrons. The van der Waals surface area contributed by atoms with Crippen LogP contribution in [0.25, 0.3) is 21.5 Å². The number of nitrogens with one attached hydrogen (secondary N) is 1. The van der Waals surface area contributed by atoms with E-state index in [-0.39, 0.29) is 6.61 Å². The summed E-state index contributed by atoms with van der Waals surface area (Å²) in [4.78, 5) is 12.1. The normalized spacial score (nSPS) is 11.2. The van der Waals surface area contributed by atoms with Gasteiger partial charge < -0.3 is 19.5 Å². The first-order valence-electron chi connectivity index (χ1n) is 11.3. The van der Waals surface area contributed by atoms with Crippen LogP contribution in [0, 0.1) is 0 Å². The van der Waals surface area contributed by atoms with Gasteiger partial charge in [-0.2, -0.15) is 0 Å². The first-order valence-corrected chi connectivity index (χ1v) is 11.8. The van der Waals surface area contributed by atoms with Crippen LogP contribution in [0.4, 0.5) is 4.79 Å². The monoisotopic (exact) mass is 457 g/mol. The van der Waals surface area contributed by atoms with Crippen LogP contribution < -0.4 is 5.32 Å². The van der Waals surface area contributed by atoms with E-state index in [0.717, 1.165) is 65.3 Å². The summed E-state index contributed by atoms with van der Waals surface area (Å²) < 4.78 is 16.5. The van der Waals surface area contributed by atoms with E-state index in [1.165, 1.54) is 0 Å². The predicted octanol–water partition coefficient (Wildman–Crippen LogP) is 6.05. The van der Waals surface area contributed by atoms with E-state index in [4.69, 9.17) is 25.8 Å². The van der Waals surface area contributed by atoms with Crippen molar-refractivity contribution in [3.63, 3.8) is 0 Å². The third kappa shape index (κ3) is 7.66. The second kappa shape index (κ2) is 13.9. The number of carbonyl (C=O) groups excluding carboxylic acids is 1. The molecule has 172 valence electrons. The molecule has 0 unspecified atom stereocenters. The van der Waals surface area contributed by atoms with Gasteiger partial charge >= 0.3 is 6.09 Å². The van der Waals surface area contributed by atoms with Crippen molar-refractivity contribution in [1.29, 1.82) is 0 Å². The molecule has 0 bridgehead atoms. The van der Waals surface area contributed by atoms with E-state index in [1.54, 1.807) is 0 Å². The molecule has 3 aromatic rings. The summed E-state index contributed by atoms with van der Waals surface area (Å²) in [6, 6.07) is 18.5. The van der Waals surface area contributed by atoms with E-state index in [9.17, 15) is 4.79 Å². The van der Waals surface area contributed by atoms with Crippen molar-refractivity contribution in [2.45, 2.75) is 32.3 Å². The molecule has 0 fully saturated rings. The van der Waals surface area contributed by atoms with Crippen molar-refractivity contribution in [3.05, 3.63) is 60.2 Å². The Bertz CT molecular complexity index is 924. The van der Waals surface area contributed by atoms with E-state index in [1.807, 2.05) is 24.3 Å². The number of unbranched alkanes of at least 4 members (excludes halogenated alkanes) is 3. The summed E-state index contributed by atoms with van der Waals surface area (Å²) in [5.41, 5.74) is 1.02. The summed E-state index contributed by atoms with van der Waals surface area (Å²) in [5.74, 6) is 0.732. The summed E-state index contributed by atoms with van der Waals surface area (Å²) in [6.45, 7) is 2.86. The molecule has 0 heterocycles. The molecule has 5 nitrogen and oxygen atoms in total. The van der Waals surface area contributed by atoms with Crippen molar-refractivity contribution in [2.24, 2.45) is 0 Å². The van der Waals surface area contributed by atoms with Crippen molar-refractivity contribution in [1.82, 2.24) is 5.32 Å². The SMILES string of the molecule is O=C(NCCOCCOCCCCCCCl)OCc1c2ccccc2cc2ccccc12. The zero-order chi connectivity index (χ0) is 22.4. The molecule has 6 heteroatoms. The third-order valence-electron chi connectivity index (χ3n) is 5.29. The van der Waals surface area contributed by atoms with Gasteiger partial charge in [0.2, 0.25) is 0 Å². The lowest BCUT2D eigenvalue weighted by Crippen LogP contribution is -2.28. The van der Waals surface area contributed by atoms with Gasteiger partial charge in [-0.25, -0.2) is 4.79 Å². The number of ether oxygens (including phenoxy) is 3. The third-order valence-corrected chi connectivity index (χ3v) is 5.56. The second-order valence-electron chi connectivity index (χ2n) is 7.63. The van der Waals surface area contributed by atoms with Gasteiger partial charge in [0.25, 0.3) is 0 Å². The van der Waals surface area contributed by atoms with Gasteiger partial charge in [-0.3, -0.25) is 0 Å². The van der Waals surface area contributed by atoms with E-state index in [0.29, 0.717) is 26.4 Å². The smallest absolute Gasteiger partial charge is 0.407 e. The molecule has 0 spiro atoms. The molecule has 0 aliphatic rings. The fourth-order valence-corrected chi connectivity index (χ4v) is 3.84. The molecule has 0 aromatic heterocycles. The van der Waals surface area contributed by atoms with E-state index >= 15 is 0 Å². The average Bonchev–Trinajstić information content (AvgIpc) is 2.82. The largest absolute Gasteiger partial charge is 0.445 e. The maximum absolute atomic E-state index is 12.1. The molecule has 0 saturated heterocycles. The van der Waals surface area contributed by atoms with Crippen molar-refractivity contribution in [3.8, 4) is 0 Å². The summed E-state index contributed by atoms with van der Waals surface area (Å²) in [7, 11) is 0. The number of amides is 1. The molecule has 0 saturated carbocycles. The standard InChI is InChI=1S/C26H32ClNO4/c27-13-7-1-2-8-15-30-17-18-31-16-14-28-26(29)32-20-25-23-11-5-3-9-21(23)19-22-10-4-6-12-24(22)25/h3-6,9-12,19H,1-2,7-8,13-18,20H2,(H,28,29). The lowest BCUT2D eigenvalue weighted by Gasteiger charge is -2.13. The molecule has 1 N–H and O–H groups in total. The van der Waals surface area contributed by atoms with Crippen molar-refractivity contribution in [2.75, 3.05) is 38.9 Å². The molecule has 1 amide bonds. The number of benzene rings is 3. The minimum absolute atomic E-state index is 0.216. The van der Waals surface area contributed by atoms with E-state index < -0.39 is 6.09 Å².